The number of nitrogens with zero attached hydrogens (tertiary/aromatic N) is 1. The average molecular weight is 468 g/mol. The second-order valence-electron chi connectivity index (χ2n) is 11.9. The van der Waals surface area contributed by atoms with E-state index in [1.165, 1.54) is 0 Å². The zero-order valence-corrected chi connectivity index (χ0v) is 20.6. The smallest absolute Gasteiger partial charge is 0.136 e. The molecule has 6 aliphatic rings. The number of likely N-dealkylation sites (tertiary alicyclic amines) is 1. The van der Waals surface area contributed by atoms with Crippen molar-refractivity contribution in [1.82, 2.24) is 4.90 Å². The van der Waals surface area contributed by atoms with E-state index in [-0.39, 0.29) is 41.4 Å². The summed E-state index contributed by atoms with van der Waals surface area (Å²) < 4.78 is 24.2. The second kappa shape index (κ2) is 7.13. The molecule has 33 heavy (non-hydrogen) atoms. The number of hydrogen-bond acceptors (Lipinski definition) is 8. The van der Waals surface area contributed by atoms with Crippen molar-refractivity contribution >= 4 is 0 Å². The van der Waals surface area contributed by atoms with E-state index in [2.05, 4.69) is 11.8 Å². The first-order valence-electron chi connectivity index (χ1n) is 12.7. The van der Waals surface area contributed by atoms with E-state index in [9.17, 15) is 15.3 Å². The molecule has 0 aromatic heterocycles. The average Bonchev–Trinajstić information content (AvgIpc) is 3.16. The van der Waals surface area contributed by atoms with Gasteiger partial charge in [0.25, 0.3) is 0 Å². The maximum absolute atomic E-state index is 12.9. The molecule has 8 heteroatoms. The van der Waals surface area contributed by atoms with Gasteiger partial charge in [-0.25, -0.2) is 0 Å². The molecule has 5 saturated carbocycles. The van der Waals surface area contributed by atoms with Gasteiger partial charge in [-0.2, -0.15) is 0 Å². The number of rotatable bonds is 6. The summed E-state index contributed by atoms with van der Waals surface area (Å²) in [5.74, 6) is -0.492. The number of aliphatic hydroxyl groups is 3. The van der Waals surface area contributed by atoms with Crippen LogP contribution in [0.15, 0.2) is 0 Å². The molecular formula is C25H41NO7. The quantitative estimate of drug-likeness (QED) is 0.512. The van der Waals surface area contributed by atoms with Crippen molar-refractivity contribution in [3.63, 3.8) is 0 Å². The lowest BCUT2D eigenvalue weighted by atomic mass is 9.42. The molecule has 0 amide bonds. The van der Waals surface area contributed by atoms with Crippen molar-refractivity contribution in [2.45, 2.75) is 74.3 Å². The van der Waals surface area contributed by atoms with Crippen molar-refractivity contribution < 1.29 is 34.3 Å². The molecule has 8 nitrogen and oxygen atoms in total. The van der Waals surface area contributed by atoms with Crippen LogP contribution in [0.2, 0.25) is 0 Å². The van der Waals surface area contributed by atoms with Crippen LogP contribution in [0.3, 0.4) is 0 Å². The summed E-state index contributed by atoms with van der Waals surface area (Å²) in [6.45, 7) is 4.28. The van der Waals surface area contributed by atoms with Gasteiger partial charge < -0.3 is 34.3 Å². The normalized spacial score (nSPS) is 60.9. The van der Waals surface area contributed by atoms with Crippen LogP contribution in [0.5, 0.6) is 0 Å². The van der Waals surface area contributed by atoms with Crippen LogP contribution in [0.25, 0.3) is 0 Å². The molecule has 1 saturated heterocycles. The molecule has 1 heterocycles. The largest absolute Gasteiger partial charge is 0.392 e. The van der Waals surface area contributed by atoms with E-state index in [1.54, 1.807) is 28.4 Å². The van der Waals surface area contributed by atoms with Crippen LogP contribution in [0, 0.1) is 34.5 Å². The van der Waals surface area contributed by atoms with Crippen LogP contribution < -0.4 is 0 Å². The summed E-state index contributed by atoms with van der Waals surface area (Å²) in [5.41, 5.74) is -3.70. The highest BCUT2D eigenvalue weighted by Gasteiger charge is 2.91. The molecule has 0 aromatic carbocycles. The Balaban J connectivity index is 1.68. The van der Waals surface area contributed by atoms with Gasteiger partial charge in [0.15, 0.2) is 0 Å². The molecule has 7 bridgehead atoms. The van der Waals surface area contributed by atoms with Crippen molar-refractivity contribution in [3.8, 4) is 0 Å². The lowest BCUT2D eigenvalue weighted by molar-refractivity contribution is -0.318. The van der Waals surface area contributed by atoms with E-state index in [4.69, 9.17) is 18.9 Å². The Labute approximate surface area is 196 Å². The van der Waals surface area contributed by atoms with Gasteiger partial charge in [0.2, 0.25) is 0 Å². The van der Waals surface area contributed by atoms with Gasteiger partial charge in [-0.3, -0.25) is 4.90 Å². The molecule has 1 aliphatic heterocycles. The zero-order valence-electron chi connectivity index (χ0n) is 20.6. The van der Waals surface area contributed by atoms with Gasteiger partial charge in [-0.15, -0.1) is 0 Å². The third-order valence-corrected chi connectivity index (χ3v) is 11.5. The maximum Gasteiger partial charge on any atom is 0.136 e. The summed E-state index contributed by atoms with van der Waals surface area (Å²) in [6, 6.07) is -0.312. The van der Waals surface area contributed by atoms with Crippen molar-refractivity contribution in [2.75, 3.05) is 48.1 Å². The van der Waals surface area contributed by atoms with Gasteiger partial charge >= 0.3 is 0 Å². The standard InChI is InChI=1S/C25H41NO7/c1-6-26-11-22(12-30-2)8-7-16(32-4)24-14-9-13-15(31-3)10-23(28,17(14)18(13)27)25(29,21(24)26)20(33-5)19(22)24/h13-21,27-29H,6-12H2,1-5H3/t13-,14-,15+,16?,17-,18+,19-,20+,21+,22+,23-,24+,25+/m1/s1. The fourth-order valence-electron chi connectivity index (χ4n) is 11.0. The van der Waals surface area contributed by atoms with Gasteiger partial charge in [-0.05, 0) is 31.7 Å². The van der Waals surface area contributed by atoms with Crippen LogP contribution in [0.1, 0.15) is 32.6 Å². The number of fused-ring (bicyclic) bond motifs is 2. The Bertz CT molecular complexity index is 814. The first-order chi connectivity index (χ1) is 15.8. The molecule has 188 valence electrons. The Morgan fingerprint density at radius 3 is 2.42 bits per heavy atom. The van der Waals surface area contributed by atoms with Crippen molar-refractivity contribution in [3.05, 3.63) is 0 Å². The first-order valence-corrected chi connectivity index (χ1v) is 12.7. The first kappa shape index (κ1) is 23.1. The summed E-state index contributed by atoms with van der Waals surface area (Å²) >= 11 is 0. The van der Waals surface area contributed by atoms with Gasteiger partial charge in [0.05, 0.1) is 37.1 Å². The van der Waals surface area contributed by atoms with E-state index < -0.39 is 34.7 Å². The van der Waals surface area contributed by atoms with Crippen molar-refractivity contribution in [2.24, 2.45) is 34.5 Å². The minimum absolute atomic E-state index is 0.00825. The van der Waals surface area contributed by atoms with Crippen LogP contribution in [-0.2, 0) is 18.9 Å². The summed E-state index contributed by atoms with van der Waals surface area (Å²) in [4.78, 5) is 2.38. The fourth-order valence-corrected chi connectivity index (χ4v) is 11.0. The number of aliphatic hydroxyl groups excluding tert-OH is 1. The highest BCUT2D eigenvalue weighted by Crippen LogP contribution is 2.80. The molecule has 0 aromatic rings. The number of piperidine rings is 1. The number of likely N-dealkylation sites (N-methyl/N-ethyl adjacent to an activating group) is 1. The second-order valence-corrected chi connectivity index (χ2v) is 11.9. The van der Waals surface area contributed by atoms with Gasteiger partial charge in [0, 0.05) is 70.0 Å². The van der Waals surface area contributed by atoms with E-state index in [1.807, 2.05) is 0 Å². The predicted molar refractivity (Wildman–Crippen MR) is 119 cm³/mol. The van der Waals surface area contributed by atoms with Crippen molar-refractivity contribution in [1.29, 1.82) is 0 Å². The molecule has 13 atom stereocenters. The van der Waals surface area contributed by atoms with Crippen LogP contribution >= 0.6 is 0 Å². The Morgan fingerprint density at radius 1 is 1.06 bits per heavy atom. The zero-order chi connectivity index (χ0) is 23.6. The molecule has 3 N–H and O–H groups in total. The monoisotopic (exact) mass is 467 g/mol. The maximum atomic E-state index is 12.9. The lowest BCUT2D eigenvalue weighted by Gasteiger charge is -2.70. The summed E-state index contributed by atoms with van der Waals surface area (Å²) in [5, 5.41) is 37.1. The Hall–Kier alpha value is -0.320. The number of ether oxygens (including phenoxy) is 4. The van der Waals surface area contributed by atoms with E-state index in [0.717, 1.165) is 32.4 Å². The fraction of sp³-hybridized carbons (Fsp3) is 1.00. The predicted octanol–water partition coefficient (Wildman–Crippen LogP) is 0.271. The molecule has 6 fully saturated rings. The minimum atomic E-state index is -1.55. The van der Waals surface area contributed by atoms with Crippen LogP contribution in [0.4, 0.5) is 0 Å². The van der Waals surface area contributed by atoms with Gasteiger partial charge in [0.1, 0.15) is 11.2 Å². The molecule has 1 unspecified atom stereocenters. The molecule has 0 radical (unpaired) electrons. The molecule has 5 aliphatic carbocycles. The Morgan fingerprint density at radius 2 is 1.82 bits per heavy atom. The molecular weight excluding hydrogens is 426 g/mol. The SMILES string of the molecule is CCN1C[C@]2(COC)CCC(OC)[C@@]34[C@@H]5C[C@H]6[C@H](O)[C@@H]5[C@](O)(C[C@@H]6OC)[C@](O)([C@@H](OC)[C@H]23)[C@@H]14. The summed E-state index contributed by atoms with van der Waals surface area (Å²) in [7, 11) is 6.85. The number of hydrogen-bond donors (Lipinski definition) is 3. The summed E-state index contributed by atoms with van der Waals surface area (Å²) in [6.07, 6.45) is 1.21. The minimum Gasteiger partial charge on any atom is -0.392 e. The van der Waals surface area contributed by atoms with Crippen LogP contribution in [-0.4, -0.2) is 110 Å². The third kappa shape index (κ3) is 2.20. The Kier molecular flexibility index (Phi) is 4.99. The highest BCUT2D eigenvalue weighted by atomic mass is 16.5. The molecule has 6 rings (SSSR count). The van der Waals surface area contributed by atoms with E-state index in [0.29, 0.717) is 13.0 Å². The highest BCUT2D eigenvalue weighted by molar-refractivity contribution is 5.41. The number of methoxy groups -OCH3 is 4. The topological polar surface area (TPSA) is 101 Å². The lowest BCUT2D eigenvalue weighted by Crippen LogP contribution is -2.82. The van der Waals surface area contributed by atoms with Gasteiger partial charge in [-0.1, -0.05) is 6.92 Å². The third-order valence-electron chi connectivity index (χ3n) is 11.5. The molecule has 1 spiro atoms. The van der Waals surface area contributed by atoms with E-state index >= 15 is 0 Å².